The molecule has 4 nitrogen and oxygen atoms in total. The molecule has 10 heteroatoms. The minimum absolute atomic E-state index is 0.326. The number of alkyl halides is 6. The van der Waals surface area contributed by atoms with Crippen LogP contribution in [0.15, 0.2) is 24.3 Å². The number of rotatable bonds is 3. The lowest BCUT2D eigenvalue weighted by Gasteiger charge is -2.12. The predicted molar refractivity (Wildman–Crippen MR) is 54.0 cm³/mol. The molecule has 0 spiro atoms. The standard InChI is InChI=1S/C11H6F6O4/c12-10(13,14)8(18)20-5-6-3-1-2-4-7(6)21-9(19)11(15,16)17/h1-4H,5H2. The first kappa shape index (κ1) is 16.8. The molecule has 0 saturated heterocycles. The Kier molecular flexibility index (Phi) is 4.81. The Labute approximate surface area is 113 Å². The van der Waals surface area contributed by atoms with Gasteiger partial charge in [0.2, 0.25) is 0 Å². The van der Waals surface area contributed by atoms with E-state index in [0.717, 1.165) is 12.1 Å². The van der Waals surface area contributed by atoms with Crippen LogP contribution in [0.4, 0.5) is 26.3 Å². The molecule has 0 aliphatic rings. The predicted octanol–water partition coefficient (Wildman–Crippen LogP) is 2.76. The van der Waals surface area contributed by atoms with Crippen LogP contribution in [0.25, 0.3) is 0 Å². The summed E-state index contributed by atoms with van der Waals surface area (Å²) in [6, 6.07) is 4.40. The zero-order chi connectivity index (χ0) is 16.3. The number of carbonyl (C=O) groups is 2. The van der Waals surface area contributed by atoms with Crippen molar-refractivity contribution in [3.8, 4) is 5.75 Å². The topological polar surface area (TPSA) is 52.6 Å². The Morgan fingerprint density at radius 3 is 1.95 bits per heavy atom. The highest BCUT2D eigenvalue weighted by Crippen LogP contribution is 2.25. The molecule has 0 N–H and O–H groups in total. The van der Waals surface area contributed by atoms with Crippen LogP contribution < -0.4 is 4.74 Å². The Bertz CT molecular complexity index is 534. The molecule has 1 aromatic rings. The average Bonchev–Trinajstić information content (AvgIpc) is 2.35. The van der Waals surface area contributed by atoms with Crippen LogP contribution in [-0.4, -0.2) is 24.3 Å². The molecular weight excluding hydrogens is 310 g/mol. The second-order valence-electron chi connectivity index (χ2n) is 3.57. The molecule has 0 bridgehead atoms. The first-order valence-electron chi connectivity index (χ1n) is 5.12. The fourth-order valence-electron chi connectivity index (χ4n) is 1.11. The fourth-order valence-corrected chi connectivity index (χ4v) is 1.11. The zero-order valence-electron chi connectivity index (χ0n) is 9.92. The van der Waals surface area contributed by atoms with Crippen molar-refractivity contribution in [3.63, 3.8) is 0 Å². The number of carbonyl (C=O) groups excluding carboxylic acids is 2. The van der Waals surface area contributed by atoms with Gasteiger partial charge in [-0.1, -0.05) is 18.2 Å². The highest BCUT2D eigenvalue weighted by Gasteiger charge is 2.42. The first-order valence-corrected chi connectivity index (χ1v) is 5.12. The molecule has 0 aromatic heterocycles. The minimum Gasteiger partial charge on any atom is -0.454 e. The molecule has 0 fully saturated rings. The van der Waals surface area contributed by atoms with Crippen LogP contribution in [-0.2, 0) is 20.9 Å². The largest absolute Gasteiger partial charge is 0.491 e. The maximum Gasteiger partial charge on any atom is 0.491 e. The van der Waals surface area contributed by atoms with Crippen molar-refractivity contribution in [2.45, 2.75) is 19.0 Å². The second kappa shape index (κ2) is 6.02. The summed E-state index contributed by atoms with van der Waals surface area (Å²) in [7, 11) is 0. The highest BCUT2D eigenvalue weighted by molar-refractivity contribution is 5.78. The van der Waals surface area contributed by atoms with Gasteiger partial charge in [0.05, 0.1) is 0 Å². The highest BCUT2D eigenvalue weighted by atomic mass is 19.4. The molecule has 116 valence electrons. The maximum atomic E-state index is 12.0. The van der Waals surface area contributed by atoms with Gasteiger partial charge in [-0.15, -0.1) is 0 Å². The van der Waals surface area contributed by atoms with Crippen molar-refractivity contribution in [3.05, 3.63) is 29.8 Å². The number of benzene rings is 1. The van der Waals surface area contributed by atoms with Gasteiger partial charge in [-0.3, -0.25) is 0 Å². The molecule has 0 aliphatic heterocycles. The van der Waals surface area contributed by atoms with Crippen LogP contribution in [0.5, 0.6) is 5.75 Å². The van der Waals surface area contributed by atoms with E-state index >= 15 is 0 Å². The average molecular weight is 316 g/mol. The van der Waals surface area contributed by atoms with Crippen LogP contribution in [0.3, 0.4) is 0 Å². The van der Waals surface area contributed by atoms with E-state index in [4.69, 9.17) is 0 Å². The molecular formula is C11H6F6O4. The van der Waals surface area contributed by atoms with Crippen molar-refractivity contribution in [1.29, 1.82) is 0 Å². The zero-order valence-corrected chi connectivity index (χ0v) is 9.92. The molecule has 0 saturated carbocycles. The third-order valence-corrected chi connectivity index (χ3v) is 2.00. The van der Waals surface area contributed by atoms with Crippen LogP contribution in [0.2, 0.25) is 0 Å². The summed E-state index contributed by atoms with van der Waals surface area (Å²) in [6.07, 6.45) is -10.5. The van der Waals surface area contributed by atoms with Crippen LogP contribution >= 0.6 is 0 Å². The second-order valence-corrected chi connectivity index (χ2v) is 3.57. The van der Waals surface area contributed by atoms with E-state index in [0.29, 0.717) is 0 Å². The van der Waals surface area contributed by atoms with Crippen molar-refractivity contribution < 1.29 is 45.4 Å². The van der Waals surface area contributed by atoms with Gasteiger partial charge < -0.3 is 9.47 Å². The molecule has 0 heterocycles. The third kappa shape index (κ3) is 4.97. The van der Waals surface area contributed by atoms with E-state index in [1.807, 2.05) is 0 Å². The van der Waals surface area contributed by atoms with Crippen LogP contribution in [0.1, 0.15) is 5.56 Å². The lowest BCUT2D eigenvalue weighted by Crippen LogP contribution is -2.28. The minimum atomic E-state index is -5.27. The number of esters is 2. The summed E-state index contributed by atoms with van der Waals surface area (Å²) in [4.78, 5) is 21.1. The van der Waals surface area contributed by atoms with E-state index in [9.17, 15) is 35.9 Å². The molecule has 0 amide bonds. The van der Waals surface area contributed by atoms with E-state index < -0.39 is 36.6 Å². The quantitative estimate of drug-likeness (QED) is 0.489. The van der Waals surface area contributed by atoms with E-state index in [1.165, 1.54) is 12.1 Å². The summed E-state index contributed by atoms with van der Waals surface area (Å²) < 4.78 is 79.7. The van der Waals surface area contributed by atoms with Gasteiger partial charge in [0.1, 0.15) is 12.4 Å². The Balaban J connectivity index is 2.81. The van der Waals surface area contributed by atoms with Gasteiger partial charge in [0, 0.05) is 5.56 Å². The Hall–Kier alpha value is -2.26. The first-order chi connectivity index (χ1) is 9.51. The molecule has 0 atom stereocenters. The maximum absolute atomic E-state index is 12.0. The van der Waals surface area contributed by atoms with Crippen molar-refractivity contribution in [1.82, 2.24) is 0 Å². The molecule has 0 unspecified atom stereocenters. The van der Waals surface area contributed by atoms with Gasteiger partial charge in [0.15, 0.2) is 0 Å². The summed E-state index contributed by atoms with van der Waals surface area (Å²) in [6.45, 7) is -1.00. The molecule has 21 heavy (non-hydrogen) atoms. The third-order valence-electron chi connectivity index (χ3n) is 2.00. The van der Waals surface area contributed by atoms with Crippen LogP contribution in [0, 0.1) is 0 Å². The lowest BCUT2D eigenvalue weighted by molar-refractivity contribution is -0.201. The van der Waals surface area contributed by atoms with E-state index in [2.05, 4.69) is 9.47 Å². The van der Waals surface area contributed by atoms with Gasteiger partial charge >= 0.3 is 24.3 Å². The number of halogens is 6. The molecule has 0 radical (unpaired) electrons. The van der Waals surface area contributed by atoms with Gasteiger partial charge in [0.25, 0.3) is 0 Å². The van der Waals surface area contributed by atoms with Gasteiger partial charge in [-0.2, -0.15) is 26.3 Å². The summed E-state index contributed by atoms with van der Waals surface area (Å²) in [5, 5.41) is 0. The van der Waals surface area contributed by atoms with E-state index in [-0.39, 0.29) is 5.56 Å². The number of ether oxygens (including phenoxy) is 2. The SMILES string of the molecule is O=C(OCc1ccccc1OC(=O)C(F)(F)F)C(F)(F)F. The van der Waals surface area contributed by atoms with Crippen molar-refractivity contribution in [2.24, 2.45) is 0 Å². The normalized spacial score (nSPS) is 11.9. The Morgan fingerprint density at radius 2 is 1.43 bits per heavy atom. The number of hydrogen-bond acceptors (Lipinski definition) is 4. The summed E-state index contributed by atoms with van der Waals surface area (Å²) in [5.74, 6) is -5.72. The van der Waals surface area contributed by atoms with E-state index in [1.54, 1.807) is 0 Å². The van der Waals surface area contributed by atoms with Crippen molar-refractivity contribution >= 4 is 11.9 Å². The smallest absolute Gasteiger partial charge is 0.454 e. The van der Waals surface area contributed by atoms with Gasteiger partial charge in [-0.05, 0) is 6.07 Å². The monoisotopic (exact) mass is 316 g/mol. The van der Waals surface area contributed by atoms with Crippen molar-refractivity contribution in [2.75, 3.05) is 0 Å². The fraction of sp³-hybridized carbons (Fsp3) is 0.273. The summed E-state index contributed by atoms with van der Waals surface area (Å²) >= 11 is 0. The van der Waals surface area contributed by atoms with Gasteiger partial charge in [-0.25, -0.2) is 9.59 Å². The molecule has 1 rings (SSSR count). The number of para-hydroxylation sites is 1. The molecule has 1 aromatic carbocycles. The Morgan fingerprint density at radius 1 is 0.905 bits per heavy atom. The lowest BCUT2D eigenvalue weighted by atomic mass is 10.2. The molecule has 0 aliphatic carbocycles. The number of hydrogen-bond donors (Lipinski definition) is 0. The summed E-state index contributed by atoms with van der Waals surface area (Å²) in [5.41, 5.74) is -0.326.